The Balaban J connectivity index is 2.29. The molecule has 0 amide bonds. The van der Waals surface area contributed by atoms with Gasteiger partial charge in [-0.25, -0.2) is 4.39 Å². The monoisotopic (exact) mass is 261 g/mol. The van der Waals surface area contributed by atoms with Gasteiger partial charge in [0.25, 0.3) is 0 Å². The maximum Gasteiger partial charge on any atom is 0.134 e. The van der Waals surface area contributed by atoms with Crippen molar-refractivity contribution in [1.82, 2.24) is 5.32 Å². The van der Waals surface area contributed by atoms with Gasteiger partial charge in [0, 0.05) is 12.1 Å². The van der Waals surface area contributed by atoms with E-state index in [-0.39, 0.29) is 12.4 Å². The number of aliphatic hydroxyl groups is 1. The molecule has 2 aromatic carbocycles. The van der Waals surface area contributed by atoms with Crippen LogP contribution in [0.5, 0.6) is 11.5 Å². The SMILES string of the molecule is CNCc1c(F)cccc1Oc1cccc(CO)c1. The molecule has 0 saturated heterocycles. The minimum absolute atomic E-state index is 0.0519. The van der Waals surface area contributed by atoms with Crippen molar-refractivity contribution in [3.8, 4) is 11.5 Å². The lowest BCUT2D eigenvalue weighted by Crippen LogP contribution is -2.08. The molecule has 0 aliphatic rings. The van der Waals surface area contributed by atoms with E-state index in [2.05, 4.69) is 5.32 Å². The van der Waals surface area contributed by atoms with Gasteiger partial charge in [-0.05, 0) is 36.9 Å². The molecule has 0 atom stereocenters. The average molecular weight is 261 g/mol. The van der Waals surface area contributed by atoms with Crippen LogP contribution in [0.2, 0.25) is 0 Å². The Kier molecular flexibility index (Phi) is 4.49. The van der Waals surface area contributed by atoms with Gasteiger partial charge >= 0.3 is 0 Å². The molecule has 19 heavy (non-hydrogen) atoms. The van der Waals surface area contributed by atoms with E-state index in [9.17, 15) is 4.39 Å². The van der Waals surface area contributed by atoms with Crippen molar-refractivity contribution < 1.29 is 14.2 Å². The van der Waals surface area contributed by atoms with Crippen LogP contribution in [0, 0.1) is 5.82 Å². The van der Waals surface area contributed by atoms with Crippen LogP contribution in [0.1, 0.15) is 11.1 Å². The fourth-order valence-electron chi connectivity index (χ4n) is 1.82. The van der Waals surface area contributed by atoms with Crippen LogP contribution in [0.4, 0.5) is 4.39 Å². The van der Waals surface area contributed by atoms with E-state index in [0.717, 1.165) is 5.56 Å². The lowest BCUT2D eigenvalue weighted by molar-refractivity contribution is 0.281. The summed E-state index contributed by atoms with van der Waals surface area (Å²) in [5.41, 5.74) is 1.24. The number of ether oxygens (including phenoxy) is 1. The van der Waals surface area contributed by atoms with Crippen LogP contribution < -0.4 is 10.1 Å². The first-order valence-electron chi connectivity index (χ1n) is 6.04. The summed E-state index contributed by atoms with van der Waals surface area (Å²) in [6, 6.07) is 11.8. The molecule has 4 heteroatoms. The van der Waals surface area contributed by atoms with Crippen LogP contribution in [-0.4, -0.2) is 12.2 Å². The number of benzene rings is 2. The van der Waals surface area contributed by atoms with E-state index in [1.807, 2.05) is 0 Å². The Morgan fingerprint density at radius 2 is 2.00 bits per heavy atom. The molecule has 0 unspecified atom stereocenters. The predicted octanol–water partition coefficient (Wildman–Crippen LogP) is 2.83. The van der Waals surface area contributed by atoms with Gasteiger partial charge in [0.15, 0.2) is 0 Å². The standard InChI is InChI=1S/C15H16FNO2/c1-17-9-13-14(16)6-3-7-15(13)19-12-5-2-4-11(8-12)10-18/h2-8,17-18H,9-10H2,1H3. The van der Waals surface area contributed by atoms with Crippen molar-refractivity contribution in [1.29, 1.82) is 0 Å². The fraction of sp³-hybridized carbons (Fsp3) is 0.200. The van der Waals surface area contributed by atoms with E-state index in [4.69, 9.17) is 9.84 Å². The van der Waals surface area contributed by atoms with Crippen LogP contribution in [0.3, 0.4) is 0 Å². The van der Waals surface area contributed by atoms with Gasteiger partial charge in [0.2, 0.25) is 0 Å². The van der Waals surface area contributed by atoms with E-state index in [1.165, 1.54) is 6.07 Å². The summed E-state index contributed by atoms with van der Waals surface area (Å²) in [4.78, 5) is 0. The summed E-state index contributed by atoms with van der Waals surface area (Å²) in [6.45, 7) is 0.339. The van der Waals surface area contributed by atoms with Gasteiger partial charge < -0.3 is 15.2 Å². The highest BCUT2D eigenvalue weighted by atomic mass is 19.1. The van der Waals surface area contributed by atoms with E-state index < -0.39 is 0 Å². The highest BCUT2D eigenvalue weighted by Crippen LogP contribution is 2.27. The molecule has 0 radical (unpaired) electrons. The van der Waals surface area contributed by atoms with E-state index in [0.29, 0.717) is 23.6 Å². The minimum atomic E-state index is -0.301. The molecular formula is C15H16FNO2. The predicted molar refractivity (Wildman–Crippen MR) is 71.6 cm³/mol. The number of halogens is 1. The number of hydrogen-bond donors (Lipinski definition) is 2. The Hall–Kier alpha value is -1.91. The first kappa shape index (κ1) is 13.5. The zero-order valence-electron chi connectivity index (χ0n) is 10.7. The number of aliphatic hydroxyl groups excluding tert-OH is 1. The first-order chi connectivity index (χ1) is 9.24. The maximum atomic E-state index is 13.7. The van der Waals surface area contributed by atoms with Crippen LogP contribution in [-0.2, 0) is 13.2 Å². The fourth-order valence-corrected chi connectivity index (χ4v) is 1.82. The van der Waals surface area contributed by atoms with Gasteiger partial charge in [-0.2, -0.15) is 0 Å². The van der Waals surface area contributed by atoms with Crippen LogP contribution in [0.15, 0.2) is 42.5 Å². The third kappa shape index (κ3) is 3.30. The second kappa shape index (κ2) is 6.31. The zero-order valence-corrected chi connectivity index (χ0v) is 10.7. The van der Waals surface area contributed by atoms with Gasteiger partial charge in [0.1, 0.15) is 17.3 Å². The second-order valence-corrected chi connectivity index (χ2v) is 4.15. The summed E-state index contributed by atoms with van der Waals surface area (Å²) in [5.74, 6) is 0.754. The van der Waals surface area contributed by atoms with Gasteiger partial charge in [-0.1, -0.05) is 18.2 Å². The minimum Gasteiger partial charge on any atom is -0.457 e. The molecular weight excluding hydrogens is 245 g/mol. The molecule has 2 aromatic rings. The average Bonchev–Trinajstić information content (AvgIpc) is 2.43. The quantitative estimate of drug-likeness (QED) is 0.869. The van der Waals surface area contributed by atoms with Gasteiger partial charge in [-0.3, -0.25) is 0 Å². The molecule has 0 saturated carbocycles. The topological polar surface area (TPSA) is 41.5 Å². The number of hydrogen-bond acceptors (Lipinski definition) is 3. The Bertz CT molecular complexity index is 558. The third-order valence-corrected chi connectivity index (χ3v) is 2.74. The number of rotatable bonds is 5. The van der Waals surface area contributed by atoms with Crippen molar-refractivity contribution >= 4 is 0 Å². The maximum absolute atomic E-state index is 13.7. The molecule has 0 bridgehead atoms. The molecule has 0 fully saturated rings. The molecule has 2 N–H and O–H groups in total. The van der Waals surface area contributed by atoms with Crippen molar-refractivity contribution in [3.63, 3.8) is 0 Å². The molecule has 0 spiro atoms. The Labute approximate surface area is 111 Å². The van der Waals surface area contributed by atoms with Gasteiger partial charge in [-0.15, -0.1) is 0 Å². The zero-order chi connectivity index (χ0) is 13.7. The van der Waals surface area contributed by atoms with Crippen molar-refractivity contribution in [2.24, 2.45) is 0 Å². The van der Waals surface area contributed by atoms with Crippen LogP contribution in [0.25, 0.3) is 0 Å². The first-order valence-corrected chi connectivity index (χ1v) is 6.04. The summed E-state index contributed by atoms with van der Waals surface area (Å²) in [5, 5.41) is 12.0. The van der Waals surface area contributed by atoms with Crippen molar-refractivity contribution in [2.75, 3.05) is 7.05 Å². The molecule has 0 aliphatic carbocycles. The normalized spacial score (nSPS) is 10.5. The number of nitrogens with one attached hydrogen (secondary N) is 1. The molecule has 0 aromatic heterocycles. The van der Waals surface area contributed by atoms with Crippen LogP contribution >= 0.6 is 0 Å². The molecule has 3 nitrogen and oxygen atoms in total. The van der Waals surface area contributed by atoms with E-state index in [1.54, 1.807) is 43.4 Å². The molecule has 2 rings (SSSR count). The highest BCUT2D eigenvalue weighted by molar-refractivity contribution is 5.39. The highest BCUT2D eigenvalue weighted by Gasteiger charge is 2.09. The lowest BCUT2D eigenvalue weighted by atomic mass is 10.2. The van der Waals surface area contributed by atoms with Crippen molar-refractivity contribution in [3.05, 3.63) is 59.4 Å². The summed E-state index contributed by atoms with van der Waals surface area (Å²) in [7, 11) is 1.75. The largest absolute Gasteiger partial charge is 0.457 e. The Morgan fingerprint density at radius 3 is 2.74 bits per heavy atom. The third-order valence-electron chi connectivity index (χ3n) is 2.74. The van der Waals surface area contributed by atoms with Gasteiger partial charge in [0.05, 0.1) is 6.61 Å². The molecule has 0 aliphatic heterocycles. The summed E-state index contributed by atoms with van der Waals surface area (Å²) < 4.78 is 19.4. The van der Waals surface area contributed by atoms with E-state index >= 15 is 0 Å². The molecule has 100 valence electrons. The summed E-state index contributed by atoms with van der Waals surface area (Å²) in [6.07, 6.45) is 0. The molecule has 0 heterocycles. The Morgan fingerprint density at radius 1 is 1.21 bits per heavy atom. The second-order valence-electron chi connectivity index (χ2n) is 4.15. The smallest absolute Gasteiger partial charge is 0.134 e. The van der Waals surface area contributed by atoms with Crippen molar-refractivity contribution in [2.45, 2.75) is 13.2 Å². The lowest BCUT2D eigenvalue weighted by Gasteiger charge is -2.12. The summed E-state index contributed by atoms with van der Waals surface area (Å²) >= 11 is 0.